The van der Waals surface area contributed by atoms with E-state index in [1.165, 1.54) is 121 Å². The Morgan fingerprint density at radius 1 is 0.254 bits per heavy atom. The highest BCUT2D eigenvalue weighted by Crippen LogP contribution is 2.53. The third-order valence-electron chi connectivity index (χ3n) is 13.2. The Bertz CT molecular complexity index is 3500. The van der Waals surface area contributed by atoms with Crippen LogP contribution in [0.25, 0.3) is 109 Å². The van der Waals surface area contributed by atoms with E-state index >= 15 is 0 Å². The molecule has 59 heavy (non-hydrogen) atoms. The summed E-state index contributed by atoms with van der Waals surface area (Å²) < 4.78 is 0. The molecule has 0 nitrogen and oxygen atoms in total. The molecule has 0 aromatic heterocycles. The van der Waals surface area contributed by atoms with E-state index in [2.05, 4.69) is 220 Å². The van der Waals surface area contributed by atoms with Gasteiger partial charge in [-0.3, -0.25) is 0 Å². The van der Waals surface area contributed by atoms with E-state index in [0.717, 1.165) is 0 Å². The molecule has 11 aromatic carbocycles. The number of hydrogen-bond donors (Lipinski definition) is 0. The maximum absolute atomic E-state index is 2.55. The first-order valence-corrected chi connectivity index (χ1v) is 20.7. The largest absolute Gasteiger partial charge is 0.0619 e. The van der Waals surface area contributed by atoms with Crippen LogP contribution in [0.5, 0.6) is 0 Å². The number of rotatable bonds is 4. The Morgan fingerprint density at radius 3 is 1.49 bits per heavy atom. The van der Waals surface area contributed by atoms with Gasteiger partial charge in [-0.15, -0.1) is 0 Å². The number of hydrogen-bond acceptors (Lipinski definition) is 0. The molecule has 0 saturated heterocycles. The van der Waals surface area contributed by atoms with Gasteiger partial charge in [0.05, 0.1) is 0 Å². The van der Waals surface area contributed by atoms with Gasteiger partial charge in [-0.25, -0.2) is 0 Å². The van der Waals surface area contributed by atoms with Crippen molar-refractivity contribution in [1.82, 2.24) is 0 Å². The van der Waals surface area contributed by atoms with E-state index in [-0.39, 0.29) is 5.41 Å². The smallest absolute Gasteiger partial charge is 0.0159 e. The Kier molecular flexibility index (Phi) is 7.38. The molecular weight excluding hydrogens is 709 g/mol. The average Bonchev–Trinajstić information content (AvgIpc) is 3.51. The summed E-state index contributed by atoms with van der Waals surface area (Å²) in [6, 6.07) is 77.2. The summed E-state index contributed by atoms with van der Waals surface area (Å²) in [4.78, 5) is 0. The van der Waals surface area contributed by atoms with Crippen LogP contribution in [0.2, 0.25) is 0 Å². The molecular formula is C59H40. The standard InChI is InChI=1S/C59H40/c1-59(2)55-21-10-9-19-49(55)51-35-53-54(36-56(51)59)58(46-29-25-38-13-4-6-16-43(38)33-46)52-34-44(30-31-50(52)57(53)45-28-24-37-12-3-5-15-42(37)32-45)39-22-26-41(27-23-39)48-20-11-17-40-14-7-8-18-47(40)48/h3-36H,1-2H3. The first-order valence-electron chi connectivity index (χ1n) is 20.7. The maximum Gasteiger partial charge on any atom is 0.0159 e. The molecule has 0 bridgehead atoms. The molecule has 276 valence electrons. The predicted molar refractivity (Wildman–Crippen MR) is 253 cm³/mol. The van der Waals surface area contributed by atoms with Crippen LogP contribution in [0, 0.1) is 0 Å². The van der Waals surface area contributed by atoms with Crippen molar-refractivity contribution in [2.45, 2.75) is 19.3 Å². The minimum Gasteiger partial charge on any atom is -0.0619 e. The molecule has 11 aromatic rings. The molecule has 0 radical (unpaired) electrons. The highest BCUT2D eigenvalue weighted by Gasteiger charge is 2.36. The van der Waals surface area contributed by atoms with Gasteiger partial charge < -0.3 is 0 Å². The second-order valence-electron chi connectivity index (χ2n) is 16.9. The van der Waals surface area contributed by atoms with E-state index in [4.69, 9.17) is 0 Å². The molecule has 1 aliphatic carbocycles. The van der Waals surface area contributed by atoms with Crippen molar-refractivity contribution in [2.75, 3.05) is 0 Å². The van der Waals surface area contributed by atoms with Gasteiger partial charge in [0.2, 0.25) is 0 Å². The van der Waals surface area contributed by atoms with Crippen molar-refractivity contribution in [2.24, 2.45) is 0 Å². The Hall–Kier alpha value is -7.28. The zero-order chi connectivity index (χ0) is 39.2. The second kappa shape index (κ2) is 12.9. The van der Waals surface area contributed by atoms with Crippen molar-refractivity contribution in [3.8, 4) is 55.6 Å². The molecule has 0 heterocycles. The van der Waals surface area contributed by atoms with E-state index in [0.29, 0.717) is 0 Å². The van der Waals surface area contributed by atoms with Gasteiger partial charge >= 0.3 is 0 Å². The lowest BCUT2D eigenvalue weighted by atomic mass is 9.79. The monoisotopic (exact) mass is 748 g/mol. The molecule has 0 atom stereocenters. The van der Waals surface area contributed by atoms with Crippen LogP contribution in [0.3, 0.4) is 0 Å². The van der Waals surface area contributed by atoms with Gasteiger partial charge in [0.15, 0.2) is 0 Å². The fourth-order valence-corrected chi connectivity index (χ4v) is 10.2. The lowest BCUT2D eigenvalue weighted by Gasteiger charge is -2.24. The quantitative estimate of drug-likeness (QED) is 0.157. The number of benzene rings is 11. The third kappa shape index (κ3) is 5.23. The maximum atomic E-state index is 2.55. The fourth-order valence-electron chi connectivity index (χ4n) is 10.2. The summed E-state index contributed by atoms with van der Waals surface area (Å²) in [7, 11) is 0. The lowest BCUT2D eigenvalue weighted by molar-refractivity contribution is 0.661. The zero-order valence-corrected chi connectivity index (χ0v) is 33.1. The van der Waals surface area contributed by atoms with Gasteiger partial charge in [-0.05, 0) is 151 Å². The van der Waals surface area contributed by atoms with E-state index in [1.54, 1.807) is 0 Å². The first kappa shape index (κ1) is 33.8. The average molecular weight is 749 g/mol. The van der Waals surface area contributed by atoms with E-state index < -0.39 is 0 Å². The molecule has 0 fully saturated rings. The molecule has 0 spiro atoms. The van der Waals surface area contributed by atoms with Gasteiger partial charge in [-0.1, -0.05) is 190 Å². The Labute approximate surface area is 344 Å². The third-order valence-corrected chi connectivity index (χ3v) is 13.2. The van der Waals surface area contributed by atoms with Crippen LogP contribution in [-0.4, -0.2) is 0 Å². The summed E-state index contributed by atoms with van der Waals surface area (Å²) in [5.41, 5.74) is 15.3. The molecule has 12 rings (SSSR count). The van der Waals surface area contributed by atoms with Crippen LogP contribution in [-0.2, 0) is 5.41 Å². The molecule has 1 aliphatic rings. The van der Waals surface area contributed by atoms with Crippen molar-refractivity contribution >= 4 is 53.9 Å². The lowest BCUT2D eigenvalue weighted by Crippen LogP contribution is -2.14. The highest BCUT2D eigenvalue weighted by molar-refractivity contribution is 6.23. The van der Waals surface area contributed by atoms with E-state index in [1.807, 2.05) is 0 Å². The Balaban J connectivity index is 1.16. The van der Waals surface area contributed by atoms with E-state index in [9.17, 15) is 0 Å². The SMILES string of the molecule is CC1(C)c2ccccc2-c2cc3c(-c4ccc5ccccc5c4)c4ccc(-c5ccc(-c6cccc7ccccc67)cc5)cc4c(-c4ccc5ccccc5c4)c3cc21. The number of fused-ring (bicyclic) bond motifs is 8. The zero-order valence-electron chi connectivity index (χ0n) is 33.1. The minimum absolute atomic E-state index is 0.132. The van der Waals surface area contributed by atoms with Crippen molar-refractivity contribution in [3.05, 3.63) is 217 Å². The summed E-state index contributed by atoms with van der Waals surface area (Å²) in [6.07, 6.45) is 0. The second-order valence-corrected chi connectivity index (χ2v) is 16.9. The minimum atomic E-state index is -0.132. The molecule has 0 amide bonds. The molecule has 0 unspecified atom stereocenters. The summed E-state index contributed by atoms with van der Waals surface area (Å²) in [5.74, 6) is 0. The molecule has 0 saturated carbocycles. The summed E-state index contributed by atoms with van der Waals surface area (Å²) in [5, 5.41) is 12.6. The fraction of sp³-hybridized carbons (Fsp3) is 0.0508. The van der Waals surface area contributed by atoms with Crippen LogP contribution in [0.15, 0.2) is 206 Å². The van der Waals surface area contributed by atoms with Gasteiger partial charge in [0.25, 0.3) is 0 Å². The van der Waals surface area contributed by atoms with Crippen molar-refractivity contribution < 1.29 is 0 Å². The molecule has 0 heteroatoms. The van der Waals surface area contributed by atoms with Gasteiger partial charge in [-0.2, -0.15) is 0 Å². The summed E-state index contributed by atoms with van der Waals surface area (Å²) >= 11 is 0. The van der Waals surface area contributed by atoms with Crippen LogP contribution >= 0.6 is 0 Å². The first-order chi connectivity index (χ1) is 29.0. The molecule has 0 N–H and O–H groups in total. The topological polar surface area (TPSA) is 0 Å². The normalized spacial score (nSPS) is 13.1. The molecule has 0 aliphatic heterocycles. The highest BCUT2D eigenvalue weighted by atomic mass is 14.4. The van der Waals surface area contributed by atoms with Crippen LogP contribution in [0.4, 0.5) is 0 Å². The Morgan fingerprint density at radius 2 is 0.763 bits per heavy atom. The van der Waals surface area contributed by atoms with Crippen LogP contribution in [0.1, 0.15) is 25.0 Å². The van der Waals surface area contributed by atoms with Gasteiger partial charge in [0.1, 0.15) is 0 Å². The van der Waals surface area contributed by atoms with Crippen molar-refractivity contribution in [1.29, 1.82) is 0 Å². The van der Waals surface area contributed by atoms with Crippen molar-refractivity contribution in [3.63, 3.8) is 0 Å². The summed E-state index contributed by atoms with van der Waals surface area (Å²) in [6.45, 7) is 4.79. The van der Waals surface area contributed by atoms with Gasteiger partial charge in [0, 0.05) is 5.41 Å². The van der Waals surface area contributed by atoms with Crippen LogP contribution < -0.4 is 0 Å². The predicted octanol–water partition coefficient (Wildman–Crippen LogP) is 16.4.